The average Bonchev–Trinajstić information content (AvgIpc) is 2.79. The van der Waals surface area contributed by atoms with Crippen LogP contribution in [0.25, 0.3) is 0 Å². The van der Waals surface area contributed by atoms with Crippen LogP contribution in [0, 0.1) is 0 Å². The van der Waals surface area contributed by atoms with Crippen LogP contribution in [-0.4, -0.2) is 60.5 Å². The van der Waals surface area contributed by atoms with E-state index in [1.807, 2.05) is 43.3 Å². The smallest absolute Gasteiger partial charge is 0.263 e. The Morgan fingerprint density at radius 1 is 0.903 bits per heavy atom. The fourth-order valence-corrected chi connectivity index (χ4v) is 3.74. The second kappa shape index (κ2) is 10.3. The molecule has 0 aliphatic carbocycles. The van der Waals surface area contributed by atoms with Crippen molar-refractivity contribution in [3.8, 4) is 11.5 Å². The maximum absolute atomic E-state index is 12.9. The van der Waals surface area contributed by atoms with E-state index in [1.165, 1.54) is 0 Å². The minimum atomic E-state index is -0.576. The summed E-state index contributed by atoms with van der Waals surface area (Å²) in [5, 5.41) is 0. The van der Waals surface area contributed by atoms with Crippen LogP contribution in [0.4, 0.5) is 0 Å². The highest BCUT2D eigenvalue weighted by atomic mass is 16.5. The summed E-state index contributed by atoms with van der Waals surface area (Å²) in [5.41, 5.74) is 1.72. The van der Waals surface area contributed by atoms with E-state index >= 15 is 0 Å². The van der Waals surface area contributed by atoms with Gasteiger partial charge in [-0.25, -0.2) is 0 Å². The van der Waals surface area contributed by atoms with Crippen LogP contribution in [0.15, 0.2) is 48.5 Å². The molecule has 1 atom stereocenters. The molecule has 0 aromatic heterocycles. The first-order valence-corrected chi connectivity index (χ1v) is 11.0. The Bertz CT molecular complexity index is 887. The number of carbonyl (C=O) groups is 2. The normalized spacial score (nSPS) is 15.0. The van der Waals surface area contributed by atoms with Crippen LogP contribution in [0.2, 0.25) is 0 Å². The largest absolute Gasteiger partial charge is 0.494 e. The highest BCUT2D eigenvalue weighted by molar-refractivity contribution is 5.94. The highest BCUT2D eigenvalue weighted by Crippen LogP contribution is 2.27. The van der Waals surface area contributed by atoms with Crippen LogP contribution >= 0.6 is 0 Å². The van der Waals surface area contributed by atoms with Gasteiger partial charge in [-0.3, -0.25) is 9.59 Å². The zero-order chi connectivity index (χ0) is 22.4. The molecule has 0 radical (unpaired) electrons. The number of benzene rings is 2. The van der Waals surface area contributed by atoms with Gasteiger partial charge >= 0.3 is 0 Å². The van der Waals surface area contributed by atoms with Gasteiger partial charge < -0.3 is 19.3 Å². The van der Waals surface area contributed by atoms with Crippen molar-refractivity contribution in [1.29, 1.82) is 0 Å². The number of nitrogens with zero attached hydrogens (tertiary/aromatic N) is 2. The molecule has 1 saturated heterocycles. The molecule has 166 valence electrons. The van der Waals surface area contributed by atoms with Gasteiger partial charge in [-0.15, -0.1) is 0 Å². The van der Waals surface area contributed by atoms with Crippen LogP contribution in [0.5, 0.6) is 11.5 Å². The van der Waals surface area contributed by atoms with E-state index in [0.29, 0.717) is 44.3 Å². The highest BCUT2D eigenvalue weighted by Gasteiger charge is 2.28. The molecule has 1 aliphatic rings. The number of para-hydroxylation sites is 1. The molecule has 1 fully saturated rings. The van der Waals surface area contributed by atoms with E-state index in [2.05, 4.69) is 13.8 Å². The van der Waals surface area contributed by atoms with Gasteiger partial charge in [-0.1, -0.05) is 32.0 Å². The lowest BCUT2D eigenvalue weighted by atomic mass is 10.0. The maximum Gasteiger partial charge on any atom is 0.263 e. The molecule has 6 heteroatoms. The Hall–Kier alpha value is -3.02. The summed E-state index contributed by atoms with van der Waals surface area (Å²) in [6, 6.07) is 15.0. The van der Waals surface area contributed by atoms with E-state index in [1.54, 1.807) is 28.9 Å². The van der Waals surface area contributed by atoms with Gasteiger partial charge in [0.05, 0.1) is 6.61 Å². The number of piperazine rings is 1. The zero-order valence-corrected chi connectivity index (χ0v) is 18.8. The molecule has 0 saturated carbocycles. The van der Waals surface area contributed by atoms with Crippen molar-refractivity contribution in [3.05, 3.63) is 59.7 Å². The molecule has 2 aromatic rings. The van der Waals surface area contributed by atoms with Gasteiger partial charge in [0.2, 0.25) is 0 Å². The second-order valence-electron chi connectivity index (χ2n) is 8.03. The van der Waals surface area contributed by atoms with E-state index in [4.69, 9.17) is 9.47 Å². The monoisotopic (exact) mass is 424 g/mol. The minimum Gasteiger partial charge on any atom is -0.494 e. The molecule has 2 amide bonds. The van der Waals surface area contributed by atoms with Gasteiger partial charge in [-0.2, -0.15) is 0 Å². The Morgan fingerprint density at radius 3 is 2.13 bits per heavy atom. The molecule has 1 heterocycles. The summed E-state index contributed by atoms with van der Waals surface area (Å²) >= 11 is 0. The van der Waals surface area contributed by atoms with Crippen LogP contribution in [-0.2, 0) is 4.79 Å². The zero-order valence-electron chi connectivity index (χ0n) is 18.8. The lowest BCUT2D eigenvalue weighted by Crippen LogP contribution is -2.53. The van der Waals surface area contributed by atoms with Crippen molar-refractivity contribution in [1.82, 2.24) is 9.80 Å². The third-order valence-electron chi connectivity index (χ3n) is 5.48. The van der Waals surface area contributed by atoms with Crippen LogP contribution in [0.1, 0.15) is 49.5 Å². The summed E-state index contributed by atoms with van der Waals surface area (Å²) in [5.74, 6) is 1.75. The van der Waals surface area contributed by atoms with Crippen LogP contribution in [0.3, 0.4) is 0 Å². The van der Waals surface area contributed by atoms with Gasteiger partial charge in [0.15, 0.2) is 6.10 Å². The topological polar surface area (TPSA) is 59.1 Å². The third-order valence-corrected chi connectivity index (χ3v) is 5.48. The SMILES string of the molecule is CCOc1ccc(C(=O)N2CCN(C(=O)C(C)Oc3ccccc3C(C)C)CC2)cc1. The number of carbonyl (C=O) groups excluding carboxylic acids is 2. The summed E-state index contributed by atoms with van der Waals surface area (Å²) in [7, 11) is 0. The molecule has 0 bridgehead atoms. The molecule has 31 heavy (non-hydrogen) atoms. The third kappa shape index (κ3) is 5.57. The molecule has 6 nitrogen and oxygen atoms in total. The lowest BCUT2D eigenvalue weighted by molar-refractivity contribution is -0.139. The van der Waals surface area contributed by atoms with Gasteiger partial charge in [0.25, 0.3) is 11.8 Å². The summed E-state index contributed by atoms with van der Waals surface area (Å²) in [6.45, 7) is 10.5. The van der Waals surface area contributed by atoms with Crippen molar-refractivity contribution >= 4 is 11.8 Å². The van der Waals surface area contributed by atoms with E-state index in [9.17, 15) is 9.59 Å². The van der Waals surface area contributed by atoms with Crippen molar-refractivity contribution in [3.63, 3.8) is 0 Å². The maximum atomic E-state index is 12.9. The minimum absolute atomic E-state index is 0.0229. The Morgan fingerprint density at radius 2 is 1.52 bits per heavy atom. The molecule has 1 unspecified atom stereocenters. The van der Waals surface area contributed by atoms with Crippen molar-refractivity contribution < 1.29 is 19.1 Å². The first-order valence-electron chi connectivity index (χ1n) is 11.0. The van der Waals surface area contributed by atoms with Gasteiger partial charge in [0, 0.05) is 31.7 Å². The Balaban J connectivity index is 1.55. The molecule has 1 aliphatic heterocycles. The lowest BCUT2D eigenvalue weighted by Gasteiger charge is -2.36. The van der Waals surface area contributed by atoms with Crippen molar-refractivity contribution in [2.75, 3.05) is 32.8 Å². The standard InChI is InChI=1S/C25H32N2O4/c1-5-30-21-12-10-20(11-13-21)25(29)27-16-14-26(15-17-27)24(28)19(4)31-23-9-7-6-8-22(23)18(2)3/h6-13,18-19H,5,14-17H2,1-4H3. The first kappa shape index (κ1) is 22.7. The van der Waals surface area contributed by atoms with Crippen molar-refractivity contribution in [2.24, 2.45) is 0 Å². The predicted octanol–water partition coefficient (Wildman–Crippen LogP) is 3.96. The fraction of sp³-hybridized carbons (Fsp3) is 0.440. The number of amides is 2. The van der Waals surface area contributed by atoms with E-state index < -0.39 is 6.10 Å². The summed E-state index contributed by atoms with van der Waals surface area (Å²) < 4.78 is 11.4. The molecule has 0 spiro atoms. The van der Waals surface area contributed by atoms with Gasteiger partial charge in [-0.05, 0) is 55.7 Å². The molecular formula is C25H32N2O4. The Kier molecular flexibility index (Phi) is 7.55. The number of ether oxygens (including phenoxy) is 2. The molecule has 2 aromatic carbocycles. The molecular weight excluding hydrogens is 392 g/mol. The summed E-state index contributed by atoms with van der Waals surface area (Å²) in [4.78, 5) is 29.3. The number of hydrogen-bond donors (Lipinski definition) is 0. The number of rotatable bonds is 7. The van der Waals surface area contributed by atoms with Crippen LogP contribution < -0.4 is 9.47 Å². The molecule has 3 rings (SSSR count). The Labute approximate surface area is 184 Å². The van der Waals surface area contributed by atoms with E-state index in [-0.39, 0.29) is 11.8 Å². The predicted molar refractivity (Wildman–Crippen MR) is 121 cm³/mol. The van der Waals surface area contributed by atoms with Gasteiger partial charge in [0.1, 0.15) is 11.5 Å². The average molecular weight is 425 g/mol. The first-order chi connectivity index (χ1) is 14.9. The van der Waals surface area contributed by atoms with E-state index in [0.717, 1.165) is 17.1 Å². The van der Waals surface area contributed by atoms with Crippen molar-refractivity contribution in [2.45, 2.75) is 39.7 Å². The quantitative estimate of drug-likeness (QED) is 0.675. The second-order valence-corrected chi connectivity index (χ2v) is 8.03. The summed E-state index contributed by atoms with van der Waals surface area (Å²) in [6.07, 6.45) is -0.576. The molecule has 0 N–H and O–H groups in total. The fourth-order valence-electron chi connectivity index (χ4n) is 3.74. The number of hydrogen-bond acceptors (Lipinski definition) is 4.